The molecule has 0 aliphatic heterocycles. The number of esters is 3. The summed E-state index contributed by atoms with van der Waals surface area (Å²) in [5, 5.41) is 20.5. The van der Waals surface area contributed by atoms with E-state index in [1.165, 1.54) is 19.3 Å². The Morgan fingerprint density at radius 3 is 1.01 bits per heavy atom. The Hall–Kier alpha value is -3.79. The lowest BCUT2D eigenvalue weighted by molar-refractivity contribution is -0.161. The third kappa shape index (κ3) is 63.6. The Morgan fingerprint density at radius 1 is 0.333 bits per heavy atom. The number of allylic oxidation sites excluding steroid dienone is 18. The zero-order chi connectivity index (χ0) is 63.8. The summed E-state index contributed by atoms with van der Waals surface area (Å²) in [5.74, 6) is -1.62. The summed E-state index contributed by atoms with van der Waals surface area (Å²) < 4.78 is 60.8. The molecular formula is C69H118O16P2. The molecule has 500 valence electrons. The standard InChI is InChI=1S/C69H118O16P2/c1-4-7-10-13-16-19-22-25-27-28-29-30-31-32-33-34-36-39-40-43-46-49-52-55-67(72)79-58-64(70)59-81-86(75,76)82-60-65(71)61-83-87(77,78)84-63-66(85-69(74)57-54-51-48-45-42-37-24-21-18-15-12-9-6-3)62-80-68(73)56-53-50-47-44-41-38-35-26-23-20-17-14-11-8-5-2/h7,10,12,15-17,19-21,24-27,29-30,32-33,35,64-66,70-71H,4-6,8-9,11,13-14,18,22-23,28,31,34,36-63H2,1-3H3,(H,75,76)(H,77,78)/b10-7-,15-12-,19-16-,20-17-,24-21-,27-25-,30-29-,33-32-,35-26-. The molecule has 87 heavy (non-hydrogen) atoms. The molecule has 0 heterocycles. The molecular weight excluding hydrogens is 1150 g/mol. The average molecular weight is 1270 g/mol. The summed E-state index contributed by atoms with van der Waals surface area (Å²) in [5.41, 5.74) is 0. The normalized spacial score (nSPS) is 15.0. The molecule has 5 unspecified atom stereocenters. The minimum atomic E-state index is -4.93. The molecule has 0 bridgehead atoms. The Morgan fingerprint density at radius 2 is 0.632 bits per heavy atom. The van der Waals surface area contributed by atoms with Crippen molar-refractivity contribution in [3.63, 3.8) is 0 Å². The van der Waals surface area contributed by atoms with Gasteiger partial charge in [0.05, 0.1) is 26.4 Å². The first-order chi connectivity index (χ1) is 42.2. The Labute approximate surface area is 526 Å². The maximum Gasteiger partial charge on any atom is 0.472 e. The van der Waals surface area contributed by atoms with Gasteiger partial charge in [-0.1, -0.05) is 220 Å². The van der Waals surface area contributed by atoms with E-state index in [-0.39, 0.29) is 19.3 Å². The van der Waals surface area contributed by atoms with Crippen LogP contribution in [0.3, 0.4) is 0 Å². The van der Waals surface area contributed by atoms with Gasteiger partial charge in [-0.15, -0.1) is 0 Å². The van der Waals surface area contributed by atoms with Gasteiger partial charge in [0.2, 0.25) is 0 Å². The van der Waals surface area contributed by atoms with Crippen LogP contribution in [-0.2, 0) is 55.8 Å². The second kappa shape index (κ2) is 62.4. The largest absolute Gasteiger partial charge is 0.472 e. The summed E-state index contributed by atoms with van der Waals surface area (Å²) in [4.78, 5) is 58.3. The van der Waals surface area contributed by atoms with Crippen molar-refractivity contribution in [2.45, 2.75) is 270 Å². The molecule has 0 aliphatic rings. The third-order valence-electron chi connectivity index (χ3n) is 13.4. The second-order valence-corrected chi connectivity index (χ2v) is 24.8. The van der Waals surface area contributed by atoms with Gasteiger partial charge in [0.15, 0.2) is 6.10 Å². The first kappa shape index (κ1) is 83.2. The number of aliphatic hydroxyl groups excluding tert-OH is 2. The molecule has 0 aromatic carbocycles. The molecule has 0 saturated heterocycles. The predicted octanol–water partition coefficient (Wildman–Crippen LogP) is 18.1. The van der Waals surface area contributed by atoms with Crippen LogP contribution >= 0.6 is 15.6 Å². The van der Waals surface area contributed by atoms with Crippen LogP contribution in [0.2, 0.25) is 0 Å². The lowest BCUT2D eigenvalue weighted by Crippen LogP contribution is -2.30. The summed E-state index contributed by atoms with van der Waals surface area (Å²) in [7, 11) is -9.78. The smallest absolute Gasteiger partial charge is 0.463 e. The molecule has 16 nitrogen and oxygen atoms in total. The fourth-order valence-electron chi connectivity index (χ4n) is 8.37. The molecule has 0 fully saturated rings. The van der Waals surface area contributed by atoms with Crippen molar-refractivity contribution < 1.29 is 75.8 Å². The van der Waals surface area contributed by atoms with Crippen molar-refractivity contribution in [2.75, 3.05) is 39.6 Å². The van der Waals surface area contributed by atoms with E-state index in [2.05, 4.69) is 130 Å². The van der Waals surface area contributed by atoms with Gasteiger partial charge in [-0.05, 0) is 122 Å². The number of hydrogen-bond acceptors (Lipinski definition) is 14. The van der Waals surface area contributed by atoms with Gasteiger partial charge >= 0.3 is 33.6 Å². The van der Waals surface area contributed by atoms with Gasteiger partial charge in [-0.25, -0.2) is 9.13 Å². The van der Waals surface area contributed by atoms with E-state index in [9.17, 15) is 43.5 Å². The predicted molar refractivity (Wildman–Crippen MR) is 353 cm³/mol. The van der Waals surface area contributed by atoms with E-state index < -0.39 is 91.5 Å². The Bertz CT molecular complexity index is 2030. The fourth-order valence-corrected chi connectivity index (χ4v) is 9.95. The number of ether oxygens (including phenoxy) is 3. The monoisotopic (exact) mass is 1260 g/mol. The maximum atomic E-state index is 12.9. The van der Waals surface area contributed by atoms with Crippen LogP contribution in [0.1, 0.15) is 252 Å². The van der Waals surface area contributed by atoms with Crippen molar-refractivity contribution in [2.24, 2.45) is 0 Å². The second-order valence-electron chi connectivity index (χ2n) is 21.9. The van der Waals surface area contributed by atoms with E-state index in [0.717, 1.165) is 173 Å². The number of unbranched alkanes of at least 4 members (excludes halogenated alkanes) is 21. The highest BCUT2D eigenvalue weighted by atomic mass is 31.2. The summed E-state index contributed by atoms with van der Waals surface area (Å²) >= 11 is 0. The van der Waals surface area contributed by atoms with E-state index in [1.54, 1.807) is 0 Å². The van der Waals surface area contributed by atoms with Crippen LogP contribution in [0, 0.1) is 0 Å². The van der Waals surface area contributed by atoms with Gasteiger partial charge < -0.3 is 34.2 Å². The van der Waals surface area contributed by atoms with Crippen molar-refractivity contribution in [3.8, 4) is 0 Å². The van der Waals surface area contributed by atoms with E-state index >= 15 is 0 Å². The van der Waals surface area contributed by atoms with Crippen molar-refractivity contribution in [1.82, 2.24) is 0 Å². The highest BCUT2D eigenvalue weighted by molar-refractivity contribution is 7.47. The average Bonchev–Trinajstić information content (AvgIpc) is 3.63. The summed E-state index contributed by atoms with van der Waals surface area (Å²) in [6.07, 6.45) is 68.6. The van der Waals surface area contributed by atoms with Crippen LogP contribution in [-0.4, -0.2) is 95.9 Å². The molecule has 0 amide bonds. The van der Waals surface area contributed by atoms with Crippen LogP contribution in [0.15, 0.2) is 109 Å². The molecule has 0 rings (SSSR count). The summed E-state index contributed by atoms with van der Waals surface area (Å²) in [6.45, 7) is 2.40. The lowest BCUT2D eigenvalue weighted by Gasteiger charge is -2.21. The number of phosphoric acid groups is 2. The fraction of sp³-hybridized carbons (Fsp3) is 0.696. The van der Waals surface area contributed by atoms with Crippen molar-refractivity contribution >= 4 is 33.6 Å². The first-order valence-electron chi connectivity index (χ1n) is 33.2. The van der Waals surface area contributed by atoms with Crippen molar-refractivity contribution in [1.29, 1.82) is 0 Å². The van der Waals surface area contributed by atoms with E-state index in [4.69, 9.17) is 32.3 Å². The van der Waals surface area contributed by atoms with E-state index in [1.807, 2.05) is 0 Å². The van der Waals surface area contributed by atoms with Crippen LogP contribution in [0.25, 0.3) is 0 Å². The topological polar surface area (TPSA) is 231 Å². The Kier molecular flexibility index (Phi) is 59.7. The molecule has 5 atom stereocenters. The number of rotatable bonds is 62. The molecule has 0 aromatic rings. The van der Waals surface area contributed by atoms with Crippen LogP contribution < -0.4 is 0 Å². The zero-order valence-electron chi connectivity index (χ0n) is 53.9. The van der Waals surface area contributed by atoms with Gasteiger partial charge in [-0.2, -0.15) is 0 Å². The minimum Gasteiger partial charge on any atom is -0.463 e. The molecule has 0 saturated carbocycles. The Balaban J connectivity index is 4.60. The zero-order valence-corrected chi connectivity index (χ0v) is 55.7. The lowest BCUT2D eigenvalue weighted by atomic mass is 10.1. The third-order valence-corrected chi connectivity index (χ3v) is 15.3. The van der Waals surface area contributed by atoms with Crippen LogP contribution in [0.5, 0.6) is 0 Å². The molecule has 4 N–H and O–H groups in total. The molecule has 18 heteroatoms. The highest BCUT2D eigenvalue weighted by Gasteiger charge is 2.29. The minimum absolute atomic E-state index is 0.0836. The quantitative estimate of drug-likeness (QED) is 0.0146. The molecule has 0 spiro atoms. The number of aliphatic hydroxyl groups is 2. The van der Waals surface area contributed by atoms with Gasteiger partial charge in [-0.3, -0.25) is 32.5 Å². The van der Waals surface area contributed by atoms with Crippen molar-refractivity contribution in [3.05, 3.63) is 109 Å². The number of phosphoric ester groups is 2. The first-order valence-corrected chi connectivity index (χ1v) is 36.2. The van der Waals surface area contributed by atoms with Gasteiger partial charge in [0, 0.05) is 19.3 Å². The molecule has 0 aromatic heterocycles. The highest BCUT2D eigenvalue weighted by Crippen LogP contribution is 2.45. The van der Waals surface area contributed by atoms with Crippen LogP contribution in [0.4, 0.5) is 0 Å². The molecule has 0 radical (unpaired) electrons. The van der Waals surface area contributed by atoms with E-state index in [0.29, 0.717) is 19.3 Å². The van der Waals surface area contributed by atoms with Gasteiger partial charge in [0.1, 0.15) is 25.4 Å². The SMILES string of the molecule is CC/C=C\C/C=C\C/C=C\C/C=C\C/C=C\CCCCCCCCCC(=O)OCC(O)COP(=O)(O)OCC(O)COP(=O)(O)OCC(COC(=O)CCCCCCC/C=C\C/C=C\CCCCC)OC(=O)CCCCCCC/C=C\C/C=C\CCC. The maximum absolute atomic E-state index is 12.9. The summed E-state index contributed by atoms with van der Waals surface area (Å²) in [6, 6.07) is 0. The number of hydrogen-bond donors (Lipinski definition) is 4. The number of carbonyl (C=O) groups is 3. The number of carbonyl (C=O) groups excluding carboxylic acids is 3. The van der Waals surface area contributed by atoms with Gasteiger partial charge in [0.25, 0.3) is 0 Å². The molecule has 0 aliphatic carbocycles.